The maximum absolute atomic E-state index is 10.5. The average Bonchev–Trinajstić information content (AvgIpc) is 2.51. The number of aliphatic hydroxyl groups excluding tert-OH is 1. The normalized spacial score (nSPS) is 14.4. The predicted octanol–water partition coefficient (Wildman–Crippen LogP) is 3.98. The first-order chi connectivity index (χ1) is 10.1. The molecule has 0 saturated heterocycles. The van der Waals surface area contributed by atoms with Crippen LogP contribution in [0.3, 0.4) is 0 Å². The van der Waals surface area contributed by atoms with Gasteiger partial charge in [0.05, 0.1) is 6.10 Å². The maximum Gasteiger partial charge on any atom is 0.188 e. The van der Waals surface area contributed by atoms with Gasteiger partial charge >= 0.3 is 0 Å². The molecule has 1 saturated carbocycles. The number of hydrogen-bond donors (Lipinski definition) is 2. The van der Waals surface area contributed by atoms with Crippen LogP contribution >= 0.6 is 0 Å². The van der Waals surface area contributed by atoms with Crippen molar-refractivity contribution in [1.29, 1.82) is 0 Å². The Kier molecular flexibility index (Phi) is 29.5. The fraction of sp³-hybridized carbons (Fsp3) is 1.00. The Balaban J connectivity index is -0.000000171. The smallest absolute Gasteiger partial charge is 0.188 e. The van der Waals surface area contributed by atoms with Crippen LogP contribution in [-0.4, -0.2) is 35.3 Å². The Morgan fingerprint density at radius 1 is 0.750 bits per heavy atom. The maximum atomic E-state index is 10.5. The molecule has 0 aromatic heterocycles. The van der Waals surface area contributed by atoms with Gasteiger partial charge in [0.25, 0.3) is 0 Å². The zero-order chi connectivity index (χ0) is 16.0. The zero-order valence-corrected chi connectivity index (χ0v) is 18.9. The first-order valence-electron chi connectivity index (χ1n) is 9.48. The van der Waals surface area contributed by atoms with E-state index in [1.54, 1.807) is 0 Å². The topological polar surface area (TPSA) is 103 Å². The third kappa shape index (κ3) is 19.1. The third-order valence-electron chi connectivity index (χ3n) is 4.56. The summed E-state index contributed by atoms with van der Waals surface area (Å²) in [5.74, 6) is 0. The molecule has 0 spiro atoms. The molecule has 1 rings (SSSR count). The summed E-state index contributed by atoms with van der Waals surface area (Å²) in [5.41, 5.74) is 0. The van der Waals surface area contributed by atoms with Gasteiger partial charge in [-0.3, -0.25) is 0 Å². The summed E-state index contributed by atoms with van der Waals surface area (Å²) < 4.78 is 0. The van der Waals surface area contributed by atoms with Crippen LogP contribution in [0.5, 0.6) is 0 Å². The summed E-state index contributed by atoms with van der Waals surface area (Å²) in [7, 11) is -1.81. The molecule has 0 bridgehead atoms. The summed E-state index contributed by atoms with van der Waals surface area (Å²) in [5, 5.41) is 8.91. The fourth-order valence-electron chi connectivity index (χ4n) is 2.97. The van der Waals surface area contributed by atoms with E-state index in [1.165, 1.54) is 57.8 Å². The van der Waals surface area contributed by atoms with Crippen LogP contribution in [0.25, 0.3) is 0 Å². The van der Waals surface area contributed by atoms with Crippen molar-refractivity contribution in [3.8, 4) is 0 Å². The van der Waals surface area contributed by atoms with Crippen LogP contribution in [0, 0.1) is 0 Å². The molecule has 6 N–H and O–H groups in total. The molecule has 24 heavy (non-hydrogen) atoms. The molecule has 148 valence electrons. The van der Waals surface area contributed by atoms with Crippen molar-refractivity contribution in [1.82, 2.24) is 0 Å². The van der Waals surface area contributed by atoms with Crippen LogP contribution in [0.2, 0.25) is 18.1 Å². The second-order valence-electron chi connectivity index (χ2n) is 6.83. The SMILES string of the molecule is CCCC[Si](O)(CCCC)CCCC.O.O.OC1CCCCC1.[Ti]. The van der Waals surface area contributed by atoms with Crippen molar-refractivity contribution in [2.45, 2.75) is 116 Å². The molecule has 0 aliphatic heterocycles. The summed E-state index contributed by atoms with van der Waals surface area (Å²) in [6, 6.07) is 3.43. The minimum Gasteiger partial charge on any atom is -0.432 e. The Hall–Kier alpha value is 0.771. The molecule has 4 nitrogen and oxygen atoms in total. The van der Waals surface area contributed by atoms with Gasteiger partial charge in [-0.15, -0.1) is 0 Å². The Morgan fingerprint density at radius 3 is 1.29 bits per heavy atom. The van der Waals surface area contributed by atoms with E-state index in [4.69, 9.17) is 5.11 Å². The van der Waals surface area contributed by atoms with Crippen LogP contribution in [0.4, 0.5) is 0 Å². The van der Waals surface area contributed by atoms with Gasteiger partial charge in [0.1, 0.15) is 0 Å². The van der Waals surface area contributed by atoms with Crippen molar-refractivity contribution in [3.05, 3.63) is 0 Å². The molecule has 1 aliphatic rings. The fourth-order valence-corrected chi connectivity index (χ4v) is 6.76. The zero-order valence-electron chi connectivity index (χ0n) is 16.4. The van der Waals surface area contributed by atoms with Gasteiger partial charge in [0, 0.05) is 21.7 Å². The van der Waals surface area contributed by atoms with E-state index in [0.29, 0.717) is 0 Å². The standard InChI is InChI=1S/C12H28OSi.C6H12O.2H2O.Ti/c1-4-7-10-14(13,11-8-5-2)12-9-6-3;7-6-4-2-1-3-5-6;;;/h13H,4-12H2,1-3H3;6-7H,1-5H2;2*1H2;. The van der Waals surface area contributed by atoms with Crippen molar-refractivity contribution in [2.24, 2.45) is 0 Å². The van der Waals surface area contributed by atoms with Crippen molar-refractivity contribution < 1.29 is 42.6 Å². The minimum absolute atomic E-state index is 0. The number of aliphatic hydroxyl groups is 1. The molecule has 1 fully saturated rings. The molecule has 1 aliphatic carbocycles. The van der Waals surface area contributed by atoms with Gasteiger partial charge in [-0.1, -0.05) is 78.6 Å². The molecule has 0 unspecified atom stereocenters. The van der Waals surface area contributed by atoms with E-state index in [-0.39, 0.29) is 38.8 Å². The van der Waals surface area contributed by atoms with Crippen LogP contribution in [0.1, 0.15) is 91.4 Å². The molecular weight excluding hydrogens is 356 g/mol. The summed E-state index contributed by atoms with van der Waals surface area (Å²) in [6.07, 6.45) is 13.3. The van der Waals surface area contributed by atoms with Crippen molar-refractivity contribution in [3.63, 3.8) is 0 Å². The van der Waals surface area contributed by atoms with Crippen molar-refractivity contribution in [2.75, 3.05) is 0 Å². The molecule has 6 heteroatoms. The van der Waals surface area contributed by atoms with Gasteiger partial charge in [0.15, 0.2) is 8.32 Å². The van der Waals surface area contributed by atoms with Gasteiger partial charge in [-0.2, -0.15) is 0 Å². The second kappa shape index (κ2) is 21.8. The third-order valence-corrected chi connectivity index (χ3v) is 8.41. The summed E-state index contributed by atoms with van der Waals surface area (Å²) in [6.45, 7) is 6.65. The first-order valence-corrected chi connectivity index (χ1v) is 12.0. The van der Waals surface area contributed by atoms with Crippen LogP contribution in [-0.2, 0) is 21.7 Å². The molecule has 0 aromatic rings. The van der Waals surface area contributed by atoms with Gasteiger partial charge < -0.3 is 20.9 Å². The summed E-state index contributed by atoms with van der Waals surface area (Å²) in [4.78, 5) is 10.5. The van der Waals surface area contributed by atoms with E-state index in [0.717, 1.165) is 31.0 Å². The van der Waals surface area contributed by atoms with Gasteiger partial charge in [-0.05, 0) is 31.0 Å². The number of hydrogen-bond acceptors (Lipinski definition) is 2. The summed E-state index contributed by atoms with van der Waals surface area (Å²) >= 11 is 0. The van der Waals surface area contributed by atoms with Crippen molar-refractivity contribution >= 4 is 8.32 Å². The first kappa shape index (κ1) is 32.4. The minimum atomic E-state index is -1.81. The number of rotatable bonds is 9. The largest absolute Gasteiger partial charge is 0.432 e. The van der Waals surface area contributed by atoms with Gasteiger partial charge in [-0.25, -0.2) is 0 Å². The van der Waals surface area contributed by atoms with Crippen LogP contribution < -0.4 is 0 Å². The molecule has 0 aromatic carbocycles. The molecule has 0 atom stereocenters. The molecule has 0 heterocycles. The van der Waals surface area contributed by atoms with E-state index in [9.17, 15) is 4.80 Å². The molecular formula is C18H44O4SiTi. The van der Waals surface area contributed by atoms with E-state index >= 15 is 0 Å². The molecule has 0 amide bonds. The van der Waals surface area contributed by atoms with Crippen LogP contribution in [0.15, 0.2) is 0 Å². The Labute approximate surface area is 166 Å². The molecule has 0 radical (unpaired) electrons. The van der Waals surface area contributed by atoms with E-state index in [1.807, 2.05) is 0 Å². The second-order valence-corrected chi connectivity index (χ2v) is 10.8. The quantitative estimate of drug-likeness (QED) is 0.572. The average molecular weight is 400 g/mol. The monoisotopic (exact) mass is 400 g/mol. The Morgan fingerprint density at radius 2 is 1.08 bits per heavy atom. The van der Waals surface area contributed by atoms with E-state index < -0.39 is 8.32 Å². The van der Waals surface area contributed by atoms with Gasteiger partial charge in [0.2, 0.25) is 0 Å². The Bertz CT molecular complexity index is 205. The number of unbranched alkanes of at least 4 members (excludes halogenated alkanes) is 3. The predicted molar refractivity (Wildman–Crippen MR) is 103 cm³/mol. The van der Waals surface area contributed by atoms with E-state index in [2.05, 4.69) is 20.8 Å².